The van der Waals surface area contributed by atoms with Crippen molar-refractivity contribution in [1.82, 2.24) is 24.8 Å². The van der Waals surface area contributed by atoms with Crippen LogP contribution in [0.2, 0.25) is 0 Å². The van der Waals surface area contributed by atoms with Crippen molar-refractivity contribution in [2.24, 2.45) is 0 Å². The number of rotatable bonds is 2. The molecule has 3 heterocycles. The predicted molar refractivity (Wildman–Crippen MR) is 92.7 cm³/mol. The Balaban J connectivity index is 1.86. The zero-order chi connectivity index (χ0) is 15.1. The highest BCUT2D eigenvalue weighted by Crippen LogP contribution is 2.29. The second-order valence-electron chi connectivity index (χ2n) is 4.53. The molecule has 0 amide bonds. The first-order chi connectivity index (χ1) is 10.7. The van der Waals surface area contributed by atoms with Crippen molar-refractivity contribution in [2.45, 2.75) is 0 Å². The highest BCUT2D eigenvalue weighted by Gasteiger charge is 2.14. The van der Waals surface area contributed by atoms with Crippen molar-refractivity contribution in [2.75, 3.05) is 0 Å². The molecule has 1 aromatic carbocycles. The van der Waals surface area contributed by atoms with Crippen LogP contribution >= 0.6 is 43.2 Å². The van der Waals surface area contributed by atoms with Gasteiger partial charge in [0, 0.05) is 32.5 Å². The van der Waals surface area contributed by atoms with Gasteiger partial charge in [0.1, 0.15) is 5.01 Å². The summed E-state index contributed by atoms with van der Waals surface area (Å²) in [5.74, 6) is 0.724. The predicted octanol–water partition coefficient (Wildman–Crippen LogP) is 4.44. The van der Waals surface area contributed by atoms with Gasteiger partial charge in [-0.05, 0) is 34.1 Å². The van der Waals surface area contributed by atoms with Gasteiger partial charge >= 0.3 is 0 Å². The molecular weight excluding hydrogens is 430 g/mol. The molecule has 0 saturated carbocycles. The zero-order valence-electron chi connectivity index (χ0n) is 10.9. The number of halogens is 2. The van der Waals surface area contributed by atoms with Crippen LogP contribution in [-0.4, -0.2) is 24.8 Å². The van der Waals surface area contributed by atoms with Crippen LogP contribution in [0.15, 0.2) is 51.7 Å². The van der Waals surface area contributed by atoms with Crippen LogP contribution < -0.4 is 0 Å². The van der Waals surface area contributed by atoms with Gasteiger partial charge in [0.15, 0.2) is 5.82 Å². The largest absolute Gasteiger partial charge is 0.263 e. The highest BCUT2D eigenvalue weighted by atomic mass is 79.9. The lowest BCUT2D eigenvalue weighted by Gasteiger charge is -1.98. The number of pyridine rings is 1. The van der Waals surface area contributed by atoms with Crippen LogP contribution in [0.1, 0.15) is 0 Å². The molecule has 22 heavy (non-hydrogen) atoms. The molecule has 0 spiro atoms. The lowest BCUT2D eigenvalue weighted by Crippen LogP contribution is -1.91. The molecule has 8 heteroatoms. The molecule has 3 aromatic heterocycles. The fraction of sp³-hybridized carbons (Fsp3) is 0. The molecule has 4 rings (SSSR count). The first kappa shape index (κ1) is 14.0. The minimum Gasteiger partial charge on any atom is -0.263 e. The summed E-state index contributed by atoms with van der Waals surface area (Å²) in [5.41, 5.74) is 1.91. The SMILES string of the molecule is Brc1cncc(-c2nn3c(-c4cccc(Br)c4)nnc3s2)c1. The van der Waals surface area contributed by atoms with Crippen LogP contribution in [0, 0.1) is 0 Å². The van der Waals surface area contributed by atoms with Crippen molar-refractivity contribution < 1.29 is 0 Å². The van der Waals surface area contributed by atoms with E-state index in [9.17, 15) is 0 Å². The van der Waals surface area contributed by atoms with Crippen molar-refractivity contribution in [3.63, 3.8) is 0 Å². The van der Waals surface area contributed by atoms with E-state index >= 15 is 0 Å². The summed E-state index contributed by atoms with van der Waals surface area (Å²) in [7, 11) is 0. The van der Waals surface area contributed by atoms with Crippen molar-refractivity contribution in [3.8, 4) is 22.0 Å². The van der Waals surface area contributed by atoms with Gasteiger partial charge < -0.3 is 0 Å². The lowest BCUT2D eigenvalue weighted by atomic mass is 10.2. The molecule has 4 aromatic rings. The minimum atomic E-state index is 0.724. The Kier molecular flexibility index (Phi) is 3.51. The monoisotopic (exact) mass is 435 g/mol. The zero-order valence-corrected chi connectivity index (χ0v) is 14.9. The lowest BCUT2D eigenvalue weighted by molar-refractivity contribution is 0.969. The number of hydrogen-bond acceptors (Lipinski definition) is 5. The van der Waals surface area contributed by atoms with E-state index in [0.29, 0.717) is 0 Å². The van der Waals surface area contributed by atoms with Crippen LogP contribution in [0.25, 0.3) is 26.9 Å². The van der Waals surface area contributed by atoms with E-state index in [1.165, 1.54) is 11.3 Å². The van der Waals surface area contributed by atoms with Gasteiger partial charge in [-0.1, -0.05) is 39.4 Å². The fourth-order valence-electron chi connectivity index (χ4n) is 2.07. The number of benzene rings is 1. The van der Waals surface area contributed by atoms with E-state index in [2.05, 4.69) is 52.1 Å². The second-order valence-corrected chi connectivity index (χ2v) is 7.31. The summed E-state index contributed by atoms with van der Waals surface area (Å²) >= 11 is 8.38. The maximum absolute atomic E-state index is 4.62. The first-order valence-corrected chi connectivity index (χ1v) is 8.70. The third kappa shape index (κ3) is 2.47. The molecule has 0 aliphatic carbocycles. The van der Waals surface area contributed by atoms with Gasteiger partial charge in [0.2, 0.25) is 4.96 Å². The Hall–Kier alpha value is -1.64. The number of aromatic nitrogens is 5. The average Bonchev–Trinajstić information content (AvgIpc) is 3.07. The number of nitrogens with zero attached hydrogens (tertiary/aromatic N) is 5. The quantitative estimate of drug-likeness (QED) is 0.466. The number of hydrogen-bond donors (Lipinski definition) is 0. The molecule has 0 atom stereocenters. The Morgan fingerprint density at radius 3 is 2.64 bits per heavy atom. The van der Waals surface area contributed by atoms with Gasteiger partial charge in [0.05, 0.1) is 0 Å². The minimum absolute atomic E-state index is 0.724. The molecule has 5 nitrogen and oxygen atoms in total. The second kappa shape index (κ2) is 5.53. The van der Waals surface area contributed by atoms with Crippen molar-refractivity contribution >= 4 is 48.2 Å². The van der Waals surface area contributed by atoms with E-state index < -0.39 is 0 Å². The molecule has 0 saturated heterocycles. The summed E-state index contributed by atoms with van der Waals surface area (Å²) < 4.78 is 3.68. The molecule has 0 radical (unpaired) electrons. The smallest absolute Gasteiger partial charge is 0.235 e. The van der Waals surface area contributed by atoms with E-state index in [-0.39, 0.29) is 0 Å². The first-order valence-electron chi connectivity index (χ1n) is 6.30. The van der Waals surface area contributed by atoms with Gasteiger partial charge in [-0.2, -0.15) is 9.61 Å². The summed E-state index contributed by atoms with van der Waals surface area (Å²) in [4.78, 5) is 4.93. The molecule has 0 bridgehead atoms. The Morgan fingerprint density at radius 1 is 0.955 bits per heavy atom. The third-order valence-corrected chi connectivity index (χ3v) is 4.90. The topological polar surface area (TPSA) is 56.0 Å². The molecular formula is C14H7Br2N5S. The van der Waals surface area contributed by atoms with Crippen LogP contribution in [-0.2, 0) is 0 Å². The van der Waals surface area contributed by atoms with E-state index in [1.54, 1.807) is 16.9 Å². The van der Waals surface area contributed by atoms with Gasteiger partial charge in [-0.3, -0.25) is 4.98 Å². The van der Waals surface area contributed by atoms with Crippen molar-refractivity contribution in [1.29, 1.82) is 0 Å². The Morgan fingerprint density at radius 2 is 1.82 bits per heavy atom. The van der Waals surface area contributed by atoms with Crippen LogP contribution in [0.5, 0.6) is 0 Å². The fourth-order valence-corrected chi connectivity index (χ4v) is 3.65. The molecule has 0 unspecified atom stereocenters. The summed E-state index contributed by atoms with van der Waals surface area (Å²) in [6.45, 7) is 0. The van der Waals surface area contributed by atoms with Crippen LogP contribution in [0.3, 0.4) is 0 Å². The normalized spacial score (nSPS) is 11.2. The number of fused-ring (bicyclic) bond motifs is 1. The van der Waals surface area contributed by atoms with Gasteiger partial charge in [-0.25, -0.2) is 0 Å². The molecule has 0 N–H and O–H groups in total. The molecule has 0 fully saturated rings. The van der Waals surface area contributed by atoms with Crippen LogP contribution in [0.4, 0.5) is 0 Å². The average molecular weight is 437 g/mol. The van der Waals surface area contributed by atoms with Gasteiger partial charge in [-0.15, -0.1) is 10.2 Å². The third-order valence-electron chi connectivity index (χ3n) is 3.03. The molecule has 0 aliphatic rings. The van der Waals surface area contributed by atoms with E-state index in [1.807, 2.05) is 30.3 Å². The standard InChI is InChI=1S/C14H7Br2N5S/c15-10-3-1-2-8(4-10)12-18-19-14-21(12)20-13(22-14)9-5-11(16)7-17-6-9/h1-7H. The molecule has 0 aliphatic heterocycles. The van der Waals surface area contributed by atoms with Crippen molar-refractivity contribution in [3.05, 3.63) is 51.7 Å². The highest BCUT2D eigenvalue weighted by molar-refractivity contribution is 9.10. The van der Waals surface area contributed by atoms with Gasteiger partial charge in [0.25, 0.3) is 0 Å². The Bertz CT molecular complexity index is 978. The summed E-state index contributed by atoms with van der Waals surface area (Å²) in [6.07, 6.45) is 3.53. The summed E-state index contributed by atoms with van der Waals surface area (Å²) in [5, 5.41) is 13.9. The maximum atomic E-state index is 4.62. The summed E-state index contributed by atoms with van der Waals surface area (Å²) in [6, 6.07) is 9.90. The Labute approximate surface area is 146 Å². The maximum Gasteiger partial charge on any atom is 0.235 e. The molecule has 108 valence electrons. The van der Waals surface area contributed by atoms with E-state index in [4.69, 9.17) is 0 Å². The van der Waals surface area contributed by atoms with E-state index in [0.717, 1.165) is 35.9 Å².